The molecule has 0 unspecified atom stereocenters. The molecular weight excluding hydrogens is 380 g/mol. The van der Waals surface area contributed by atoms with Crippen LogP contribution in [0.15, 0.2) is 36.9 Å². The molecule has 1 amide bonds. The Bertz CT molecular complexity index is 976. The SMILES string of the molecule is CCCCCCOc1ccc2c(c1)c(CC[C@H](CO)n1cnc(C(N)=O)c1)cn2C. The minimum Gasteiger partial charge on any atom is -0.494 e. The van der Waals surface area contributed by atoms with Gasteiger partial charge in [0.2, 0.25) is 0 Å². The summed E-state index contributed by atoms with van der Waals surface area (Å²) >= 11 is 0. The molecule has 0 saturated heterocycles. The normalized spacial score (nSPS) is 12.4. The van der Waals surface area contributed by atoms with E-state index in [4.69, 9.17) is 10.5 Å². The van der Waals surface area contributed by atoms with Gasteiger partial charge in [0.25, 0.3) is 5.91 Å². The summed E-state index contributed by atoms with van der Waals surface area (Å²) in [5.41, 5.74) is 7.85. The third-order valence-electron chi connectivity index (χ3n) is 5.54. The molecule has 3 aromatic rings. The molecule has 0 aliphatic carbocycles. The van der Waals surface area contributed by atoms with Crippen LogP contribution in [0.5, 0.6) is 5.75 Å². The Morgan fingerprint density at radius 3 is 2.80 bits per heavy atom. The largest absolute Gasteiger partial charge is 0.494 e. The van der Waals surface area contributed by atoms with E-state index in [1.807, 2.05) is 13.1 Å². The quantitative estimate of drug-likeness (QED) is 0.444. The Balaban J connectivity index is 1.69. The fraction of sp³-hybridized carbons (Fsp3) is 0.478. The number of amides is 1. The van der Waals surface area contributed by atoms with E-state index >= 15 is 0 Å². The number of carbonyl (C=O) groups is 1. The van der Waals surface area contributed by atoms with Crippen molar-refractivity contribution in [1.82, 2.24) is 14.1 Å². The summed E-state index contributed by atoms with van der Waals surface area (Å²) in [6.45, 7) is 2.91. The van der Waals surface area contributed by atoms with E-state index in [0.717, 1.165) is 30.7 Å². The van der Waals surface area contributed by atoms with Crippen molar-refractivity contribution < 1.29 is 14.6 Å². The van der Waals surface area contributed by atoms with Gasteiger partial charge in [-0.3, -0.25) is 4.79 Å². The Morgan fingerprint density at radius 2 is 2.10 bits per heavy atom. The van der Waals surface area contributed by atoms with E-state index in [1.165, 1.54) is 30.2 Å². The molecule has 2 heterocycles. The molecule has 3 rings (SSSR count). The second kappa shape index (κ2) is 10.3. The Morgan fingerprint density at radius 1 is 1.27 bits per heavy atom. The lowest BCUT2D eigenvalue weighted by Crippen LogP contribution is -2.14. The van der Waals surface area contributed by atoms with Crippen LogP contribution in [0, 0.1) is 0 Å². The van der Waals surface area contributed by atoms with Crippen molar-refractivity contribution in [3.05, 3.63) is 48.2 Å². The number of unbranched alkanes of at least 4 members (excludes halogenated alkanes) is 3. The molecule has 1 aromatic carbocycles. The van der Waals surface area contributed by atoms with E-state index in [0.29, 0.717) is 6.42 Å². The van der Waals surface area contributed by atoms with Crippen LogP contribution in [0.3, 0.4) is 0 Å². The highest BCUT2D eigenvalue weighted by Crippen LogP contribution is 2.28. The summed E-state index contributed by atoms with van der Waals surface area (Å²) in [5, 5.41) is 11.0. The fourth-order valence-corrected chi connectivity index (χ4v) is 3.78. The van der Waals surface area contributed by atoms with Gasteiger partial charge >= 0.3 is 0 Å². The van der Waals surface area contributed by atoms with Crippen molar-refractivity contribution in [2.24, 2.45) is 12.8 Å². The van der Waals surface area contributed by atoms with E-state index in [1.54, 1.807) is 17.1 Å². The molecule has 0 saturated carbocycles. The number of nitrogens with zero attached hydrogens (tertiary/aromatic N) is 3. The number of nitrogens with two attached hydrogens (primary N) is 1. The summed E-state index contributed by atoms with van der Waals surface area (Å²) < 4.78 is 9.84. The number of carbonyl (C=O) groups excluding carboxylic acids is 1. The smallest absolute Gasteiger partial charge is 0.268 e. The number of aryl methyl sites for hydroxylation is 2. The van der Waals surface area contributed by atoms with Gasteiger partial charge in [0, 0.05) is 30.3 Å². The van der Waals surface area contributed by atoms with Gasteiger partial charge in [-0.15, -0.1) is 0 Å². The molecule has 1 atom stereocenters. The molecule has 30 heavy (non-hydrogen) atoms. The highest BCUT2D eigenvalue weighted by molar-refractivity contribution is 5.90. The Labute approximate surface area is 177 Å². The summed E-state index contributed by atoms with van der Waals surface area (Å²) in [4.78, 5) is 15.3. The van der Waals surface area contributed by atoms with Gasteiger partial charge in [-0.25, -0.2) is 4.98 Å². The third-order valence-corrected chi connectivity index (χ3v) is 5.54. The Kier molecular flexibility index (Phi) is 7.52. The number of ether oxygens (including phenoxy) is 1. The summed E-state index contributed by atoms with van der Waals surface area (Å²) in [7, 11) is 2.04. The lowest BCUT2D eigenvalue weighted by molar-refractivity contribution is 0.0995. The van der Waals surface area contributed by atoms with Gasteiger partial charge in [-0.1, -0.05) is 26.2 Å². The molecule has 7 nitrogen and oxygen atoms in total. The van der Waals surface area contributed by atoms with Crippen LogP contribution in [0.2, 0.25) is 0 Å². The van der Waals surface area contributed by atoms with Crippen molar-refractivity contribution in [3.8, 4) is 5.75 Å². The molecule has 2 aromatic heterocycles. The predicted octanol–water partition coefficient (Wildman–Crippen LogP) is 3.60. The number of primary amides is 1. The zero-order valence-corrected chi connectivity index (χ0v) is 17.9. The first kappa shape index (κ1) is 21.9. The maximum Gasteiger partial charge on any atom is 0.268 e. The van der Waals surface area contributed by atoms with Crippen LogP contribution in [0.25, 0.3) is 10.9 Å². The molecule has 3 N–H and O–H groups in total. The highest BCUT2D eigenvalue weighted by Gasteiger charge is 2.15. The Hall–Kier alpha value is -2.80. The topological polar surface area (TPSA) is 95.3 Å². The summed E-state index contributed by atoms with van der Waals surface area (Å²) in [6.07, 6.45) is 11.5. The standard InChI is InChI=1S/C23H32N4O3/c1-3-4-5-6-11-30-19-9-10-22-20(12-19)17(13-26(22)2)7-8-18(15-28)27-14-21(23(24)29)25-16-27/h9-10,12-14,16,18,28H,3-8,11,15H2,1-2H3,(H2,24,29)/t18-/m1/s1. The summed E-state index contributed by atoms with van der Waals surface area (Å²) in [6, 6.07) is 6.07. The molecule has 0 radical (unpaired) electrons. The fourth-order valence-electron chi connectivity index (χ4n) is 3.78. The first-order valence-corrected chi connectivity index (χ1v) is 10.7. The number of hydrogen-bond acceptors (Lipinski definition) is 4. The number of aliphatic hydroxyl groups excluding tert-OH is 1. The van der Waals surface area contributed by atoms with Crippen LogP contribution in [-0.4, -0.2) is 38.3 Å². The van der Waals surface area contributed by atoms with Crippen molar-refractivity contribution in [1.29, 1.82) is 0 Å². The molecule has 0 aliphatic heterocycles. The van der Waals surface area contributed by atoms with E-state index in [9.17, 15) is 9.90 Å². The summed E-state index contributed by atoms with van der Waals surface area (Å²) in [5.74, 6) is 0.326. The lowest BCUT2D eigenvalue weighted by atomic mass is 10.0. The van der Waals surface area contributed by atoms with E-state index in [2.05, 4.69) is 34.8 Å². The van der Waals surface area contributed by atoms with Crippen LogP contribution in [-0.2, 0) is 13.5 Å². The number of aromatic nitrogens is 3. The molecule has 0 spiro atoms. The maximum absolute atomic E-state index is 11.3. The van der Waals surface area contributed by atoms with Crippen molar-refractivity contribution >= 4 is 16.8 Å². The number of hydrogen-bond donors (Lipinski definition) is 2. The van der Waals surface area contributed by atoms with Crippen molar-refractivity contribution in [3.63, 3.8) is 0 Å². The lowest BCUT2D eigenvalue weighted by Gasteiger charge is -2.15. The van der Waals surface area contributed by atoms with Gasteiger partial charge in [0.1, 0.15) is 11.4 Å². The second-order valence-electron chi connectivity index (χ2n) is 7.80. The number of aliphatic hydroxyl groups is 1. The van der Waals surface area contributed by atoms with E-state index < -0.39 is 5.91 Å². The van der Waals surface area contributed by atoms with Gasteiger partial charge in [0.05, 0.1) is 25.6 Å². The predicted molar refractivity (Wildman–Crippen MR) is 118 cm³/mol. The van der Waals surface area contributed by atoms with Crippen LogP contribution >= 0.6 is 0 Å². The average Bonchev–Trinajstić information content (AvgIpc) is 3.34. The molecule has 162 valence electrons. The average molecular weight is 413 g/mol. The maximum atomic E-state index is 11.3. The van der Waals surface area contributed by atoms with Gasteiger partial charge in [0.15, 0.2) is 0 Å². The van der Waals surface area contributed by atoms with Crippen LogP contribution in [0.4, 0.5) is 0 Å². The molecular formula is C23H32N4O3. The monoisotopic (exact) mass is 412 g/mol. The first-order chi connectivity index (χ1) is 14.5. The van der Waals surface area contributed by atoms with Crippen LogP contribution < -0.4 is 10.5 Å². The zero-order chi connectivity index (χ0) is 21.5. The van der Waals surface area contributed by atoms with Crippen molar-refractivity contribution in [2.75, 3.05) is 13.2 Å². The molecule has 7 heteroatoms. The van der Waals surface area contributed by atoms with Crippen molar-refractivity contribution in [2.45, 2.75) is 51.5 Å². The molecule has 0 fully saturated rings. The molecule has 0 aliphatic rings. The van der Waals surface area contributed by atoms with E-state index in [-0.39, 0.29) is 18.3 Å². The van der Waals surface area contributed by atoms with Gasteiger partial charge in [-0.05, 0) is 43.0 Å². The number of imidazole rings is 1. The third kappa shape index (κ3) is 5.21. The van der Waals surface area contributed by atoms with Gasteiger partial charge < -0.3 is 24.7 Å². The highest BCUT2D eigenvalue weighted by atomic mass is 16.5. The zero-order valence-electron chi connectivity index (χ0n) is 17.9. The molecule has 0 bridgehead atoms. The van der Waals surface area contributed by atoms with Gasteiger partial charge in [-0.2, -0.15) is 0 Å². The number of benzene rings is 1. The first-order valence-electron chi connectivity index (χ1n) is 10.7. The number of fused-ring (bicyclic) bond motifs is 1. The minimum absolute atomic E-state index is 0.0363. The van der Waals surface area contributed by atoms with Crippen LogP contribution in [0.1, 0.15) is 61.1 Å². The number of rotatable bonds is 12. The minimum atomic E-state index is -0.568. The second-order valence-corrected chi connectivity index (χ2v) is 7.80.